The molecule has 0 aliphatic heterocycles. The summed E-state index contributed by atoms with van der Waals surface area (Å²) in [6.45, 7) is 0. The molecule has 0 atom stereocenters. The van der Waals surface area contributed by atoms with Crippen molar-refractivity contribution in [3.05, 3.63) is 10.1 Å². The molecule has 0 aliphatic rings. The summed E-state index contributed by atoms with van der Waals surface area (Å²) in [7, 11) is 0. The molecule has 0 saturated heterocycles. The fourth-order valence-corrected chi connectivity index (χ4v) is 0. The molecule has 0 aliphatic carbocycles. The van der Waals surface area contributed by atoms with Gasteiger partial charge < -0.3 is 0 Å². The van der Waals surface area contributed by atoms with Crippen LogP contribution in [0.3, 0.4) is 0 Å². The average molecular weight is 94.9 g/mol. The second-order valence-electron chi connectivity index (χ2n) is 2.43. The van der Waals surface area contributed by atoms with Crippen LogP contribution >= 0.6 is 0 Å². The van der Waals surface area contributed by atoms with Gasteiger partial charge in [-0.3, -0.25) is 0 Å². The Bertz CT molecular complexity index is 85.4. The van der Waals surface area contributed by atoms with E-state index >= 15 is 0 Å². The van der Waals surface area contributed by atoms with Gasteiger partial charge in [-0.05, 0) is 0 Å². The standard InChI is InChI=1S/3Li.NO2Si/c;;;2-1(3)4. The molecular formula is Li3NO2Si. The molecule has 0 radical (unpaired) electrons. The first-order valence-corrected chi connectivity index (χ1v) is 5.54. The van der Waals surface area contributed by atoms with Gasteiger partial charge in [-0.2, -0.15) is 0 Å². The Morgan fingerprint density at radius 1 is 1.43 bits per heavy atom. The molecule has 0 rings (SSSR count). The van der Waals surface area contributed by atoms with Gasteiger partial charge in [0, 0.05) is 0 Å². The Labute approximate surface area is 68.5 Å². The van der Waals surface area contributed by atoms with Crippen molar-refractivity contribution >= 4 is 54.3 Å². The summed E-state index contributed by atoms with van der Waals surface area (Å²) in [5.74, 6) is 0. The van der Waals surface area contributed by atoms with Gasteiger partial charge in [-0.15, -0.1) is 0 Å². The minimum atomic E-state index is -2.01. The van der Waals surface area contributed by atoms with Gasteiger partial charge in [0.2, 0.25) is 0 Å². The maximum absolute atomic E-state index is 9.89. The van der Waals surface area contributed by atoms with Gasteiger partial charge in [0.25, 0.3) is 0 Å². The van der Waals surface area contributed by atoms with E-state index in [-0.39, 0.29) is 4.59 Å². The third-order valence-electron chi connectivity index (χ3n) is 0.548. The van der Waals surface area contributed by atoms with Crippen molar-refractivity contribution in [2.24, 2.45) is 0 Å². The van der Waals surface area contributed by atoms with E-state index in [0.717, 1.165) is 0 Å². The monoisotopic (exact) mass is 95.0 g/mol. The Hall–Kier alpha value is 1.41. The summed E-state index contributed by atoms with van der Waals surface area (Å²) >= 11 is 5.10. The molecule has 0 bridgehead atoms. The summed E-state index contributed by atoms with van der Waals surface area (Å²) in [4.78, 5) is 9.89. The number of hydrogen-bond acceptors (Lipinski definition) is 2. The van der Waals surface area contributed by atoms with Crippen molar-refractivity contribution in [3.8, 4) is 0 Å². The first-order valence-electron chi connectivity index (χ1n) is 2.09. The molecule has 0 saturated carbocycles. The van der Waals surface area contributed by atoms with Crippen LogP contribution < -0.4 is 0 Å². The van der Waals surface area contributed by atoms with E-state index in [2.05, 4.69) is 0 Å². The topological polar surface area (TPSA) is 43.1 Å². The number of nitrogens with zero attached hydrogens (tertiary/aromatic N) is 1. The van der Waals surface area contributed by atoms with Crippen molar-refractivity contribution in [1.82, 2.24) is 0 Å². The van der Waals surface area contributed by atoms with Crippen LogP contribution in [0.2, 0.25) is 0 Å². The SMILES string of the molecule is [Li][Si]([Li])([Li])[N+](=O)[O-]. The van der Waals surface area contributed by atoms with Crippen LogP contribution in [0.4, 0.5) is 0 Å². The molecule has 7 heavy (non-hydrogen) atoms. The van der Waals surface area contributed by atoms with Crippen LogP contribution in [0, 0.1) is 10.1 Å². The van der Waals surface area contributed by atoms with Crippen LogP contribution in [-0.2, 0) is 0 Å². The van der Waals surface area contributed by atoms with Crippen molar-refractivity contribution in [3.63, 3.8) is 0 Å². The first-order chi connectivity index (χ1) is 2.94. The molecule has 0 aromatic carbocycles. The van der Waals surface area contributed by atoms with E-state index in [1.54, 1.807) is 51.1 Å². The molecule has 3 nitrogen and oxygen atoms in total. The van der Waals surface area contributed by atoms with Crippen LogP contribution in [0.15, 0.2) is 0 Å². The second-order valence-corrected chi connectivity index (χ2v) is 7.13. The molecule has 0 amide bonds. The molecule has 0 aromatic rings. The summed E-state index contributed by atoms with van der Waals surface area (Å²) in [5.41, 5.74) is 0. The van der Waals surface area contributed by atoms with E-state index in [1.807, 2.05) is 0 Å². The van der Waals surface area contributed by atoms with Gasteiger partial charge in [0.15, 0.2) is 0 Å². The Kier molecular flexibility index (Phi) is 3.37. The predicted octanol–water partition coefficient (Wildman–Crippen LogP) is -1.80. The quantitative estimate of drug-likeness (QED) is 0.219. The molecule has 24 valence electrons. The number of rotatable bonds is 1. The molecule has 0 spiro atoms. The van der Waals surface area contributed by atoms with Gasteiger partial charge in [-0.1, -0.05) is 0 Å². The van der Waals surface area contributed by atoms with Gasteiger partial charge >= 0.3 is 69.0 Å². The summed E-state index contributed by atoms with van der Waals surface area (Å²) in [6, 6.07) is 0. The zero-order valence-corrected chi connectivity index (χ0v) is 5.76. The summed E-state index contributed by atoms with van der Waals surface area (Å²) < 4.78 is -2.19. The van der Waals surface area contributed by atoms with Crippen LogP contribution in [0.5, 0.6) is 0 Å². The number of hydrogen-bond donors (Lipinski definition) is 0. The van der Waals surface area contributed by atoms with E-state index in [0.29, 0.717) is 0 Å². The summed E-state index contributed by atoms with van der Waals surface area (Å²) in [6.07, 6.45) is 0. The first kappa shape index (κ1) is 8.41. The molecule has 0 N–H and O–H groups in total. The Morgan fingerprint density at radius 3 is 1.57 bits per heavy atom. The van der Waals surface area contributed by atoms with Crippen LogP contribution in [0.1, 0.15) is 0 Å². The Balaban J connectivity index is 3.79. The zero-order chi connectivity index (χ0) is 6.08. The normalized spacial score (nSPS) is 11.7. The molecule has 0 unspecified atom stereocenters. The van der Waals surface area contributed by atoms with Crippen molar-refractivity contribution in [2.75, 3.05) is 0 Å². The fraction of sp³-hybridized carbons (Fsp3) is 0. The fourth-order valence-electron chi connectivity index (χ4n) is 0. The second kappa shape index (κ2) is 2.81. The van der Waals surface area contributed by atoms with Crippen LogP contribution in [-0.4, -0.2) is 58.9 Å². The van der Waals surface area contributed by atoms with E-state index in [4.69, 9.17) is 0 Å². The van der Waals surface area contributed by atoms with E-state index in [9.17, 15) is 10.1 Å². The van der Waals surface area contributed by atoms with Gasteiger partial charge in [0.05, 0.1) is 0 Å². The van der Waals surface area contributed by atoms with Crippen LogP contribution in [0.25, 0.3) is 0 Å². The predicted molar refractivity (Wildman–Crippen MR) is 30.0 cm³/mol. The maximum atomic E-state index is 9.89. The molecule has 0 aromatic heterocycles. The molecule has 7 heteroatoms. The van der Waals surface area contributed by atoms with Gasteiger partial charge in [-0.25, -0.2) is 0 Å². The third-order valence-corrected chi connectivity index (χ3v) is 1.64. The zero-order valence-electron chi connectivity index (χ0n) is 4.76. The van der Waals surface area contributed by atoms with Crippen molar-refractivity contribution in [1.29, 1.82) is 0 Å². The number of nitro groups is 1. The van der Waals surface area contributed by atoms with Crippen molar-refractivity contribution in [2.45, 2.75) is 0 Å². The van der Waals surface area contributed by atoms with E-state index < -0.39 is 3.21 Å². The average Bonchev–Trinajstić information content (AvgIpc) is 1.31. The molecular weight excluding hydrogens is 94.9 g/mol. The van der Waals surface area contributed by atoms with E-state index in [1.165, 1.54) is 0 Å². The van der Waals surface area contributed by atoms with Gasteiger partial charge in [0.1, 0.15) is 0 Å². The van der Waals surface area contributed by atoms with Crippen molar-refractivity contribution < 1.29 is 4.59 Å². The minimum absolute atomic E-state index is 0.174. The molecule has 0 heterocycles. The third kappa shape index (κ3) is 3.95. The summed E-state index contributed by atoms with van der Waals surface area (Å²) in [5, 5.41) is 9.89. The Morgan fingerprint density at radius 2 is 1.57 bits per heavy atom. The molecule has 0 fully saturated rings.